The lowest BCUT2D eigenvalue weighted by Gasteiger charge is -2.36. The molecule has 0 aromatic heterocycles. The van der Waals surface area contributed by atoms with E-state index >= 15 is 0 Å². The van der Waals surface area contributed by atoms with E-state index in [2.05, 4.69) is 35.3 Å². The quantitative estimate of drug-likeness (QED) is 0.881. The molecule has 1 N–H and O–H groups in total. The Balaban J connectivity index is 0.00000121. The molecule has 1 atom stereocenters. The molecular formula is C17H28Cl2N2O. The Morgan fingerprint density at radius 2 is 1.91 bits per heavy atom. The zero-order chi connectivity index (χ0) is 13.9. The lowest BCUT2D eigenvalue weighted by atomic mass is 9.94. The van der Waals surface area contributed by atoms with Gasteiger partial charge in [0.1, 0.15) is 5.75 Å². The number of benzene rings is 1. The maximum absolute atomic E-state index is 5.35. The summed E-state index contributed by atoms with van der Waals surface area (Å²) in [5, 5.41) is 3.46. The summed E-state index contributed by atoms with van der Waals surface area (Å²) in [6, 6.07) is 7.17. The van der Waals surface area contributed by atoms with Crippen LogP contribution in [-0.2, 0) is 0 Å². The lowest BCUT2D eigenvalue weighted by molar-refractivity contribution is 0.160. The molecule has 2 aliphatic rings. The number of nitrogens with zero attached hydrogens (tertiary/aromatic N) is 1. The molecule has 1 heterocycles. The molecule has 0 amide bonds. The molecule has 1 saturated carbocycles. The highest BCUT2D eigenvalue weighted by Gasteiger charge is 2.31. The van der Waals surface area contributed by atoms with Crippen molar-refractivity contribution in [2.75, 3.05) is 33.3 Å². The van der Waals surface area contributed by atoms with Crippen LogP contribution in [0, 0.1) is 12.8 Å². The second-order valence-electron chi connectivity index (χ2n) is 6.20. The van der Waals surface area contributed by atoms with Crippen LogP contribution in [0.4, 0.5) is 0 Å². The van der Waals surface area contributed by atoms with Crippen LogP contribution in [0.2, 0.25) is 0 Å². The highest BCUT2D eigenvalue weighted by atomic mass is 35.5. The smallest absolute Gasteiger partial charge is 0.119 e. The number of halogens is 2. The topological polar surface area (TPSA) is 24.5 Å². The molecule has 1 aliphatic heterocycles. The summed E-state index contributed by atoms with van der Waals surface area (Å²) in [6.07, 6.45) is 4.18. The van der Waals surface area contributed by atoms with Gasteiger partial charge in [0.15, 0.2) is 0 Å². The Morgan fingerprint density at radius 1 is 1.23 bits per heavy atom. The second kappa shape index (κ2) is 8.97. The summed E-state index contributed by atoms with van der Waals surface area (Å²) in [5.41, 5.74) is 2.87. The van der Waals surface area contributed by atoms with Crippen LogP contribution in [0.5, 0.6) is 5.75 Å². The van der Waals surface area contributed by atoms with Gasteiger partial charge in [-0.05, 0) is 42.5 Å². The zero-order valence-corrected chi connectivity index (χ0v) is 15.1. The van der Waals surface area contributed by atoms with Gasteiger partial charge >= 0.3 is 0 Å². The standard InChI is InChI=1S/C17H26N2O.2ClH/c1-13-11-15(20-2)5-6-16(13)17(12-14-3-4-14)19-9-7-18-8-10-19;;/h5-6,11,14,17-18H,3-4,7-10,12H2,1-2H3;2*1H/t17-;;/m0../s1. The normalized spacial score (nSPS) is 19.7. The van der Waals surface area contributed by atoms with Crippen molar-refractivity contribution in [1.82, 2.24) is 10.2 Å². The first-order valence-corrected chi connectivity index (χ1v) is 7.87. The van der Waals surface area contributed by atoms with Gasteiger partial charge in [0, 0.05) is 32.2 Å². The van der Waals surface area contributed by atoms with Crippen LogP contribution >= 0.6 is 24.8 Å². The minimum atomic E-state index is 0. The Hall–Kier alpha value is -0.480. The Labute approximate surface area is 146 Å². The van der Waals surface area contributed by atoms with E-state index in [1.807, 2.05) is 0 Å². The third-order valence-electron chi connectivity index (χ3n) is 4.68. The van der Waals surface area contributed by atoms with Crippen molar-refractivity contribution < 1.29 is 4.74 Å². The summed E-state index contributed by atoms with van der Waals surface area (Å²) in [6.45, 7) is 6.80. The third-order valence-corrected chi connectivity index (χ3v) is 4.68. The van der Waals surface area contributed by atoms with Crippen molar-refractivity contribution in [1.29, 1.82) is 0 Å². The first-order chi connectivity index (χ1) is 9.78. The molecule has 3 rings (SSSR count). The van der Waals surface area contributed by atoms with Crippen molar-refractivity contribution in [3.05, 3.63) is 29.3 Å². The molecule has 126 valence electrons. The van der Waals surface area contributed by atoms with Crippen LogP contribution in [0.1, 0.15) is 36.4 Å². The minimum absolute atomic E-state index is 0. The van der Waals surface area contributed by atoms with E-state index in [0.717, 1.165) is 24.8 Å². The molecule has 1 saturated heterocycles. The van der Waals surface area contributed by atoms with Crippen LogP contribution in [0.15, 0.2) is 18.2 Å². The molecule has 1 aromatic carbocycles. The summed E-state index contributed by atoms with van der Waals surface area (Å²) in [7, 11) is 1.74. The summed E-state index contributed by atoms with van der Waals surface area (Å²) in [5.74, 6) is 1.92. The van der Waals surface area contributed by atoms with E-state index in [9.17, 15) is 0 Å². The average Bonchev–Trinajstić information content (AvgIpc) is 3.30. The van der Waals surface area contributed by atoms with Gasteiger partial charge in [-0.25, -0.2) is 0 Å². The molecule has 5 heteroatoms. The van der Waals surface area contributed by atoms with Crippen molar-refractivity contribution in [3.63, 3.8) is 0 Å². The van der Waals surface area contributed by atoms with Crippen LogP contribution < -0.4 is 10.1 Å². The number of hydrogen-bond acceptors (Lipinski definition) is 3. The van der Waals surface area contributed by atoms with E-state index in [0.29, 0.717) is 6.04 Å². The Bertz CT molecular complexity index is 460. The average molecular weight is 347 g/mol. The summed E-state index contributed by atoms with van der Waals surface area (Å²) in [4.78, 5) is 2.67. The van der Waals surface area contributed by atoms with Crippen molar-refractivity contribution >= 4 is 24.8 Å². The molecule has 3 nitrogen and oxygen atoms in total. The summed E-state index contributed by atoms with van der Waals surface area (Å²) >= 11 is 0. The van der Waals surface area contributed by atoms with E-state index in [1.54, 1.807) is 7.11 Å². The van der Waals surface area contributed by atoms with E-state index in [4.69, 9.17) is 4.74 Å². The van der Waals surface area contributed by atoms with Crippen molar-refractivity contribution in [2.24, 2.45) is 5.92 Å². The van der Waals surface area contributed by atoms with Crippen LogP contribution in [0.3, 0.4) is 0 Å². The van der Waals surface area contributed by atoms with Crippen LogP contribution in [-0.4, -0.2) is 38.2 Å². The first-order valence-electron chi connectivity index (χ1n) is 7.87. The highest BCUT2D eigenvalue weighted by Crippen LogP contribution is 2.41. The lowest BCUT2D eigenvalue weighted by Crippen LogP contribution is -2.45. The van der Waals surface area contributed by atoms with Gasteiger partial charge in [-0.1, -0.05) is 18.9 Å². The van der Waals surface area contributed by atoms with E-state index in [1.165, 1.54) is 43.5 Å². The van der Waals surface area contributed by atoms with Gasteiger partial charge in [-0.3, -0.25) is 4.90 Å². The fourth-order valence-corrected chi connectivity index (χ4v) is 3.28. The number of methoxy groups -OCH3 is 1. The van der Waals surface area contributed by atoms with Crippen molar-refractivity contribution in [3.8, 4) is 5.75 Å². The largest absolute Gasteiger partial charge is 0.497 e. The molecule has 0 radical (unpaired) electrons. The second-order valence-corrected chi connectivity index (χ2v) is 6.20. The molecule has 1 aliphatic carbocycles. The van der Waals surface area contributed by atoms with Gasteiger partial charge in [-0.15, -0.1) is 24.8 Å². The maximum Gasteiger partial charge on any atom is 0.119 e. The number of hydrogen-bond donors (Lipinski definition) is 1. The molecule has 0 unspecified atom stereocenters. The Kier molecular flexibility index (Phi) is 7.98. The van der Waals surface area contributed by atoms with Gasteiger partial charge in [-0.2, -0.15) is 0 Å². The third kappa shape index (κ3) is 4.76. The van der Waals surface area contributed by atoms with E-state index in [-0.39, 0.29) is 24.8 Å². The van der Waals surface area contributed by atoms with Crippen molar-refractivity contribution in [2.45, 2.75) is 32.2 Å². The molecular weight excluding hydrogens is 319 g/mol. The number of ether oxygens (including phenoxy) is 1. The molecule has 1 aromatic rings. The zero-order valence-electron chi connectivity index (χ0n) is 13.5. The number of piperazine rings is 1. The van der Waals surface area contributed by atoms with Crippen LogP contribution in [0.25, 0.3) is 0 Å². The SMILES string of the molecule is COc1ccc([C@H](CC2CC2)N2CCNCC2)c(C)c1.Cl.Cl. The summed E-state index contributed by atoms with van der Waals surface area (Å²) < 4.78 is 5.35. The first kappa shape index (κ1) is 19.6. The monoisotopic (exact) mass is 346 g/mol. The minimum Gasteiger partial charge on any atom is -0.497 e. The number of aryl methyl sites for hydroxylation is 1. The molecule has 22 heavy (non-hydrogen) atoms. The maximum atomic E-state index is 5.35. The van der Waals surface area contributed by atoms with E-state index < -0.39 is 0 Å². The highest BCUT2D eigenvalue weighted by molar-refractivity contribution is 5.85. The molecule has 0 spiro atoms. The van der Waals surface area contributed by atoms with Gasteiger partial charge in [0.2, 0.25) is 0 Å². The number of rotatable bonds is 5. The van der Waals surface area contributed by atoms with Gasteiger partial charge < -0.3 is 10.1 Å². The predicted octanol–water partition coefficient (Wildman–Crippen LogP) is 3.59. The van der Waals surface area contributed by atoms with Gasteiger partial charge in [0.25, 0.3) is 0 Å². The number of nitrogens with one attached hydrogen (secondary N) is 1. The molecule has 2 fully saturated rings. The Morgan fingerprint density at radius 3 is 2.45 bits per heavy atom. The fourth-order valence-electron chi connectivity index (χ4n) is 3.28. The fraction of sp³-hybridized carbons (Fsp3) is 0.647. The predicted molar refractivity (Wildman–Crippen MR) is 96.8 cm³/mol. The van der Waals surface area contributed by atoms with Gasteiger partial charge in [0.05, 0.1) is 7.11 Å². The molecule has 0 bridgehead atoms.